The Balaban J connectivity index is 2.99. The van der Waals surface area contributed by atoms with Crippen molar-refractivity contribution in [3.8, 4) is 11.5 Å². The van der Waals surface area contributed by atoms with Crippen molar-refractivity contribution in [3.63, 3.8) is 0 Å². The average Bonchev–Trinajstić information content (AvgIpc) is 2.44. The van der Waals surface area contributed by atoms with Crippen molar-refractivity contribution in [2.24, 2.45) is 11.1 Å². The molecule has 0 heterocycles. The van der Waals surface area contributed by atoms with Crippen molar-refractivity contribution in [3.05, 3.63) is 23.3 Å². The van der Waals surface area contributed by atoms with Crippen LogP contribution in [0, 0.1) is 12.3 Å². The minimum atomic E-state index is -0.560. The molecular formula is C17H28N2O3. The number of ether oxygens (including phenoxy) is 2. The first-order valence-corrected chi connectivity index (χ1v) is 7.40. The molecule has 1 aromatic carbocycles. The van der Waals surface area contributed by atoms with E-state index in [2.05, 4.69) is 5.32 Å². The summed E-state index contributed by atoms with van der Waals surface area (Å²) in [6, 6.07) is 3.07. The van der Waals surface area contributed by atoms with Gasteiger partial charge in [0.15, 0.2) is 11.5 Å². The van der Waals surface area contributed by atoms with Crippen LogP contribution in [-0.2, 0) is 4.79 Å². The van der Waals surface area contributed by atoms with Gasteiger partial charge in [0.25, 0.3) is 0 Å². The van der Waals surface area contributed by atoms with Crippen LogP contribution in [0.1, 0.15) is 44.9 Å². The van der Waals surface area contributed by atoms with Crippen molar-refractivity contribution < 1.29 is 14.3 Å². The molecule has 0 saturated carbocycles. The van der Waals surface area contributed by atoms with E-state index in [-0.39, 0.29) is 17.4 Å². The molecule has 1 amide bonds. The third-order valence-corrected chi connectivity index (χ3v) is 3.81. The lowest BCUT2D eigenvalue weighted by Crippen LogP contribution is -2.49. The van der Waals surface area contributed by atoms with Gasteiger partial charge in [0, 0.05) is 0 Å². The molecule has 1 unspecified atom stereocenters. The topological polar surface area (TPSA) is 73.6 Å². The average molecular weight is 308 g/mol. The fourth-order valence-electron chi connectivity index (χ4n) is 2.24. The zero-order valence-electron chi connectivity index (χ0n) is 14.6. The quantitative estimate of drug-likeness (QED) is 0.877. The number of carbonyl (C=O) groups excluding carboxylic acids is 1. The molecule has 0 aliphatic carbocycles. The van der Waals surface area contributed by atoms with E-state index in [0.29, 0.717) is 11.5 Å². The molecule has 3 N–H and O–H groups in total. The summed E-state index contributed by atoms with van der Waals surface area (Å²) in [5.41, 5.74) is 7.72. The summed E-state index contributed by atoms with van der Waals surface area (Å²) in [6.07, 6.45) is 0. The van der Waals surface area contributed by atoms with Crippen molar-refractivity contribution in [2.45, 2.75) is 46.7 Å². The van der Waals surface area contributed by atoms with Crippen molar-refractivity contribution >= 4 is 5.91 Å². The standard InChI is InChI=1S/C17H28N2O3/c1-10-8-13(21-6)14(22-7)9-12(10)11(2)19-16(20)15(18)17(3,4)5/h8-9,11,15H,18H2,1-7H3,(H,19,20)/t11?,15-/m1/s1. The normalized spacial score (nSPS) is 14.2. The summed E-state index contributed by atoms with van der Waals surface area (Å²) in [6.45, 7) is 9.75. The summed E-state index contributed by atoms with van der Waals surface area (Å²) in [5.74, 6) is 1.16. The Labute approximate surface area is 133 Å². The second-order valence-corrected chi connectivity index (χ2v) is 6.64. The molecule has 0 radical (unpaired) electrons. The molecule has 1 rings (SSSR count). The number of aryl methyl sites for hydroxylation is 1. The van der Waals surface area contributed by atoms with Gasteiger partial charge in [-0.15, -0.1) is 0 Å². The van der Waals surface area contributed by atoms with Crippen molar-refractivity contribution in [1.29, 1.82) is 0 Å². The maximum atomic E-state index is 12.3. The fraction of sp³-hybridized carbons (Fsp3) is 0.588. The maximum absolute atomic E-state index is 12.3. The minimum absolute atomic E-state index is 0.158. The van der Waals surface area contributed by atoms with E-state index in [1.807, 2.05) is 46.8 Å². The zero-order chi connectivity index (χ0) is 17.1. The van der Waals surface area contributed by atoms with Crippen LogP contribution in [0.5, 0.6) is 11.5 Å². The molecule has 0 bridgehead atoms. The molecule has 5 heteroatoms. The molecule has 5 nitrogen and oxygen atoms in total. The van der Waals surface area contributed by atoms with Gasteiger partial charge in [0.2, 0.25) is 5.91 Å². The SMILES string of the molecule is COc1cc(C)c(C(C)NC(=O)[C@@H](N)C(C)(C)C)cc1OC. The monoisotopic (exact) mass is 308 g/mol. The van der Waals surface area contributed by atoms with Gasteiger partial charge in [-0.1, -0.05) is 20.8 Å². The summed E-state index contributed by atoms with van der Waals surface area (Å²) in [5, 5.41) is 2.97. The first-order chi connectivity index (χ1) is 10.1. The van der Waals surface area contributed by atoms with E-state index < -0.39 is 6.04 Å². The Morgan fingerprint density at radius 1 is 1.18 bits per heavy atom. The molecule has 1 aromatic rings. The first kappa shape index (κ1) is 18.3. The van der Waals surface area contributed by atoms with Gasteiger partial charge >= 0.3 is 0 Å². The molecule has 2 atom stereocenters. The molecule has 0 aliphatic rings. The summed E-state index contributed by atoms with van der Waals surface area (Å²) >= 11 is 0. The Hall–Kier alpha value is -1.75. The Kier molecular flexibility index (Phi) is 5.83. The summed E-state index contributed by atoms with van der Waals surface area (Å²) in [4.78, 5) is 12.3. The molecule has 0 aromatic heterocycles. The van der Waals surface area contributed by atoms with E-state index in [1.165, 1.54) is 0 Å². The van der Waals surface area contributed by atoms with Gasteiger partial charge in [-0.3, -0.25) is 4.79 Å². The van der Waals surface area contributed by atoms with Crippen LogP contribution in [0.4, 0.5) is 0 Å². The largest absolute Gasteiger partial charge is 0.493 e. The smallest absolute Gasteiger partial charge is 0.237 e. The second-order valence-electron chi connectivity index (χ2n) is 6.64. The van der Waals surface area contributed by atoms with Crippen LogP contribution in [-0.4, -0.2) is 26.2 Å². The van der Waals surface area contributed by atoms with Gasteiger partial charge in [-0.2, -0.15) is 0 Å². The molecular weight excluding hydrogens is 280 g/mol. The highest BCUT2D eigenvalue weighted by molar-refractivity contribution is 5.82. The van der Waals surface area contributed by atoms with E-state index >= 15 is 0 Å². The molecule has 0 spiro atoms. The number of benzene rings is 1. The van der Waals surface area contributed by atoms with E-state index in [0.717, 1.165) is 11.1 Å². The number of rotatable bonds is 5. The van der Waals surface area contributed by atoms with Gasteiger partial charge in [-0.05, 0) is 42.5 Å². The highest BCUT2D eigenvalue weighted by Gasteiger charge is 2.28. The molecule has 124 valence electrons. The van der Waals surface area contributed by atoms with Crippen LogP contribution in [0.25, 0.3) is 0 Å². The molecule has 0 aliphatic heterocycles. The van der Waals surface area contributed by atoms with Crippen LogP contribution in [0.2, 0.25) is 0 Å². The van der Waals surface area contributed by atoms with Gasteiger partial charge in [0.05, 0.1) is 26.3 Å². The molecule has 0 saturated heterocycles. The third-order valence-electron chi connectivity index (χ3n) is 3.81. The number of nitrogens with two attached hydrogens (primary N) is 1. The van der Waals surface area contributed by atoms with Crippen molar-refractivity contribution in [2.75, 3.05) is 14.2 Å². The van der Waals surface area contributed by atoms with Gasteiger partial charge < -0.3 is 20.5 Å². The maximum Gasteiger partial charge on any atom is 0.237 e. The Morgan fingerprint density at radius 2 is 1.68 bits per heavy atom. The third kappa shape index (κ3) is 4.13. The predicted octanol–water partition coefficient (Wildman–Crippen LogP) is 2.56. The number of carbonyl (C=O) groups is 1. The van der Waals surface area contributed by atoms with Crippen molar-refractivity contribution in [1.82, 2.24) is 5.32 Å². The van der Waals surface area contributed by atoms with Gasteiger partial charge in [0.1, 0.15) is 0 Å². The van der Waals surface area contributed by atoms with Crippen LogP contribution >= 0.6 is 0 Å². The second kappa shape index (κ2) is 7.01. The zero-order valence-corrected chi connectivity index (χ0v) is 14.6. The van der Waals surface area contributed by atoms with Gasteiger partial charge in [-0.25, -0.2) is 0 Å². The lowest BCUT2D eigenvalue weighted by Gasteiger charge is -2.28. The number of amides is 1. The highest BCUT2D eigenvalue weighted by atomic mass is 16.5. The summed E-state index contributed by atoms with van der Waals surface area (Å²) < 4.78 is 10.6. The first-order valence-electron chi connectivity index (χ1n) is 7.40. The number of hydrogen-bond acceptors (Lipinski definition) is 4. The lowest BCUT2D eigenvalue weighted by molar-refractivity contribution is -0.125. The molecule has 0 fully saturated rings. The Bertz CT molecular complexity index is 535. The number of hydrogen-bond donors (Lipinski definition) is 2. The molecule has 22 heavy (non-hydrogen) atoms. The fourth-order valence-corrected chi connectivity index (χ4v) is 2.24. The predicted molar refractivity (Wildman–Crippen MR) is 88.3 cm³/mol. The van der Waals surface area contributed by atoms with Crippen LogP contribution in [0.3, 0.4) is 0 Å². The number of nitrogens with one attached hydrogen (secondary N) is 1. The van der Waals surface area contributed by atoms with Crippen LogP contribution in [0.15, 0.2) is 12.1 Å². The Morgan fingerprint density at radius 3 is 2.14 bits per heavy atom. The highest BCUT2D eigenvalue weighted by Crippen LogP contribution is 2.33. The minimum Gasteiger partial charge on any atom is -0.493 e. The van der Waals surface area contributed by atoms with E-state index in [9.17, 15) is 4.79 Å². The van der Waals surface area contributed by atoms with E-state index in [4.69, 9.17) is 15.2 Å². The summed E-state index contributed by atoms with van der Waals surface area (Å²) in [7, 11) is 3.19. The number of methoxy groups -OCH3 is 2. The lowest BCUT2D eigenvalue weighted by atomic mass is 9.86. The van der Waals surface area contributed by atoms with E-state index in [1.54, 1.807) is 14.2 Å². The van der Waals surface area contributed by atoms with Crippen LogP contribution < -0.4 is 20.5 Å².